The lowest BCUT2D eigenvalue weighted by molar-refractivity contribution is 0.0996. The van der Waals surface area contributed by atoms with Gasteiger partial charge in [0, 0.05) is 5.69 Å². The van der Waals surface area contributed by atoms with Gasteiger partial charge in [0.05, 0.1) is 12.0 Å². The predicted octanol–water partition coefficient (Wildman–Crippen LogP) is 3.57. The van der Waals surface area contributed by atoms with Crippen LogP contribution < -0.4 is 5.32 Å². The maximum atomic E-state index is 12.1. The molecule has 2 aromatic heterocycles. The van der Waals surface area contributed by atoms with Gasteiger partial charge in [-0.3, -0.25) is 4.79 Å². The molecule has 0 unspecified atom stereocenters. The Bertz CT molecular complexity index is 1000. The molecule has 0 radical (unpaired) electrons. The number of fused-ring (bicyclic) bond motifs is 1. The summed E-state index contributed by atoms with van der Waals surface area (Å²) in [7, 11) is 0. The minimum absolute atomic E-state index is 0.266. The van der Waals surface area contributed by atoms with E-state index >= 15 is 0 Å². The highest BCUT2D eigenvalue weighted by atomic mass is 16.3. The third-order valence-corrected chi connectivity index (χ3v) is 3.71. The normalized spacial score (nSPS) is 10.9. The lowest BCUT2D eigenvalue weighted by Crippen LogP contribution is -2.11. The van der Waals surface area contributed by atoms with Gasteiger partial charge in [0.25, 0.3) is 5.91 Å². The van der Waals surface area contributed by atoms with Crippen LogP contribution in [0.15, 0.2) is 65.3 Å². The number of para-hydroxylation sites is 1. The molecule has 2 heterocycles. The lowest BCUT2D eigenvalue weighted by atomic mass is 10.1. The van der Waals surface area contributed by atoms with Crippen molar-refractivity contribution in [1.82, 2.24) is 15.0 Å². The zero-order valence-electron chi connectivity index (χ0n) is 12.9. The quantitative estimate of drug-likeness (QED) is 0.626. The number of amides is 1. The van der Waals surface area contributed by atoms with E-state index in [2.05, 4.69) is 15.5 Å². The van der Waals surface area contributed by atoms with Gasteiger partial charge >= 0.3 is 0 Å². The van der Waals surface area contributed by atoms with Gasteiger partial charge in [-0.1, -0.05) is 18.2 Å². The van der Waals surface area contributed by atoms with Gasteiger partial charge in [-0.05, 0) is 48.9 Å². The topological polar surface area (TPSA) is 73.0 Å². The van der Waals surface area contributed by atoms with Crippen LogP contribution >= 0.6 is 0 Å². The maximum absolute atomic E-state index is 12.1. The first-order valence-electron chi connectivity index (χ1n) is 7.49. The highest BCUT2D eigenvalue weighted by molar-refractivity contribution is 6.03. The van der Waals surface area contributed by atoms with Gasteiger partial charge in [0.1, 0.15) is 11.0 Å². The van der Waals surface area contributed by atoms with Crippen molar-refractivity contribution in [2.24, 2.45) is 0 Å². The zero-order valence-corrected chi connectivity index (χ0v) is 12.9. The lowest BCUT2D eigenvalue weighted by Gasteiger charge is -2.06. The number of anilines is 1. The van der Waals surface area contributed by atoms with Crippen molar-refractivity contribution in [2.45, 2.75) is 6.92 Å². The summed E-state index contributed by atoms with van der Waals surface area (Å²) in [4.78, 5) is 13.7. The van der Waals surface area contributed by atoms with E-state index in [9.17, 15) is 4.79 Å². The molecule has 24 heavy (non-hydrogen) atoms. The minimum Gasteiger partial charge on any atom is -0.459 e. The number of benzene rings is 2. The second-order valence-corrected chi connectivity index (χ2v) is 5.41. The average molecular weight is 318 g/mol. The van der Waals surface area contributed by atoms with Crippen molar-refractivity contribution < 1.29 is 9.21 Å². The van der Waals surface area contributed by atoms with Crippen LogP contribution in [0.2, 0.25) is 0 Å². The Labute approximate surface area is 137 Å². The molecule has 0 aliphatic heterocycles. The maximum Gasteiger partial charge on any atom is 0.291 e. The van der Waals surface area contributed by atoms with Crippen molar-refractivity contribution in [1.29, 1.82) is 0 Å². The summed E-state index contributed by atoms with van der Waals surface area (Å²) in [5, 5.41) is 11.8. The second kappa shape index (κ2) is 5.66. The van der Waals surface area contributed by atoms with Crippen LogP contribution in [0.4, 0.5) is 5.69 Å². The molecule has 2 aromatic carbocycles. The summed E-state index contributed by atoms with van der Waals surface area (Å²) in [6.07, 6.45) is 1.47. The summed E-state index contributed by atoms with van der Waals surface area (Å²) in [5.41, 5.74) is 3.95. The van der Waals surface area contributed by atoms with E-state index in [-0.39, 0.29) is 11.7 Å². The molecule has 0 aliphatic rings. The van der Waals surface area contributed by atoms with Crippen molar-refractivity contribution in [3.63, 3.8) is 0 Å². The molecule has 1 amide bonds. The number of hydrogen-bond acceptors (Lipinski definition) is 4. The van der Waals surface area contributed by atoms with E-state index in [0.29, 0.717) is 11.2 Å². The fraction of sp³-hybridized carbons (Fsp3) is 0.0556. The first kappa shape index (κ1) is 14.2. The molecule has 118 valence electrons. The number of aromatic nitrogens is 3. The number of rotatable bonds is 3. The highest BCUT2D eigenvalue weighted by Crippen LogP contribution is 2.22. The number of carbonyl (C=O) groups excluding carboxylic acids is 1. The molecule has 1 N–H and O–H groups in total. The zero-order chi connectivity index (χ0) is 16.5. The Morgan fingerprint density at radius 2 is 1.79 bits per heavy atom. The Balaban J connectivity index is 1.70. The SMILES string of the molecule is Cc1cc2nn(-c3ccccc3)nc2cc1NC(=O)c1ccco1. The smallest absolute Gasteiger partial charge is 0.291 e. The fourth-order valence-corrected chi connectivity index (χ4v) is 2.47. The van der Waals surface area contributed by atoms with Crippen molar-refractivity contribution >= 4 is 22.6 Å². The number of nitrogens with zero attached hydrogens (tertiary/aromatic N) is 3. The minimum atomic E-state index is -0.294. The summed E-state index contributed by atoms with van der Waals surface area (Å²) in [6, 6.07) is 16.7. The van der Waals surface area contributed by atoms with Crippen LogP contribution in [0.3, 0.4) is 0 Å². The molecule has 0 bridgehead atoms. The third kappa shape index (κ3) is 2.54. The molecule has 4 rings (SSSR count). The molecule has 0 fully saturated rings. The first-order valence-corrected chi connectivity index (χ1v) is 7.49. The molecule has 6 heteroatoms. The van der Waals surface area contributed by atoms with E-state index < -0.39 is 0 Å². The number of carbonyl (C=O) groups is 1. The predicted molar refractivity (Wildman–Crippen MR) is 90.3 cm³/mol. The molecular weight excluding hydrogens is 304 g/mol. The van der Waals surface area contributed by atoms with Crippen molar-refractivity contribution in [3.05, 3.63) is 72.2 Å². The van der Waals surface area contributed by atoms with Crippen LogP contribution in [0.1, 0.15) is 16.1 Å². The van der Waals surface area contributed by atoms with Gasteiger partial charge in [-0.15, -0.1) is 10.2 Å². The Hall–Kier alpha value is -3.41. The molecule has 0 saturated heterocycles. The summed E-state index contributed by atoms with van der Waals surface area (Å²) >= 11 is 0. The molecule has 0 atom stereocenters. The standard InChI is InChI=1S/C18H14N4O2/c1-12-10-15-16(21-22(20-15)13-6-3-2-4-7-13)11-14(12)19-18(23)17-8-5-9-24-17/h2-11H,1H3,(H,19,23). The van der Waals surface area contributed by atoms with Crippen LogP contribution in [0, 0.1) is 6.92 Å². The molecule has 0 aliphatic carbocycles. The van der Waals surface area contributed by atoms with E-state index in [1.165, 1.54) is 6.26 Å². The molecular formula is C18H14N4O2. The summed E-state index contributed by atoms with van der Waals surface area (Å²) in [5.74, 6) is -0.0275. The largest absolute Gasteiger partial charge is 0.459 e. The monoisotopic (exact) mass is 318 g/mol. The van der Waals surface area contributed by atoms with Crippen LogP contribution in [-0.4, -0.2) is 20.9 Å². The fourth-order valence-electron chi connectivity index (χ4n) is 2.47. The Morgan fingerprint density at radius 3 is 2.50 bits per heavy atom. The molecule has 0 spiro atoms. The van der Waals surface area contributed by atoms with E-state index in [4.69, 9.17) is 4.42 Å². The molecule has 0 saturated carbocycles. The van der Waals surface area contributed by atoms with Crippen LogP contribution in [0.5, 0.6) is 0 Å². The van der Waals surface area contributed by atoms with Crippen molar-refractivity contribution in [2.75, 3.05) is 5.32 Å². The first-order chi connectivity index (χ1) is 11.7. The highest BCUT2D eigenvalue weighted by Gasteiger charge is 2.13. The molecule has 4 aromatic rings. The Morgan fingerprint density at radius 1 is 1.04 bits per heavy atom. The average Bonchev–Trinajstić information content (AvgIpc) is 3.25. The van der Waals surface area contributed by atoms with Crippen molar-refractivity contribution in [3.8, 4) is 5.69 Å². The number of furan rings is 1. The number of hydrogen-bond donors (Lipinski definition) is 1. The van der Waals surface area contributed by atoms with E-state index in [0.717, 1.165) is 16.8 Å². The Kier molecular flexibility index (Phi) is 3.35. The van der Waals surface area contributed by atoms with Gasteiger partial charge in [0.15, 0.2) is 5.76 Å². The molecule has 6 nitrogen and oxygen atoms in total. The van der Waals surface area contributed by atoms with E-state index in [1.54, 1.807) is 16.9 Å². The second-order valence-electron chi connectivity index (χ2n) is 5.41. The number of aryl methyl sites for hydroxylation is 1. The number of nitrogens with one attached hydrogen (secondary N) is 1. The van der Waals surface area contributed by atoms with Gasteiger partial charge in [-0.2, -0.15) is 4.80 Å². The van der Waals surface area contributed by atoms with Crippen LogP contribution in [-0.2, 0) is 0 Å². The third-order valence-electron chi connectivity index (χ3n) is 3.71. The van der Waals surface area contributed by atoms with Gasteiger partial charge < -0.3 is 9.73 Å². The van der Waals surface area contributed by atoms with Crippen LogP contribution in [0.25, 0.3) is 16.7 Å². The van der Waals surface area contributed by atoms with Gasteiger partial charge in [-0.25, -0.2) is 0 Å². The summed E-state index contributed by atoms with van der Waals surface area (Å²) < 4.78 is 5.11. The summed E-state index contributed by atoms with van der Waals surface area (Å²) in [6.45, 7) is 1.92. The van der Waals surface area contributed by atoms with Gasteiger partial charge in [0.2, 0.25) is 0 Å². The van der Waals surface area contributed by atoms with E-state index in [1.807, 2.05) is 49.4 Å².